The number of halogens is 3. The molecular formula is C6H2I3. The lowest BCUT2D eigenvalue weighted by molar-refractivity contribution is 1.52. The molecular weight excluding hydrogens is 453 g/mol. The molecule has 0 aliphatic rings. The lowest BCUT2D eigenvalue weighted by Crippen LogP contribution is -1.79. The van der Waals surface area contributed by atoms with Crippen molar-refractivity contribution in [3.05, 3.63) is 28.9 Å². The van der Waals surface area contributed by atoms with E-state index in [1.807, 2.05) is 0 Å². The minimum absolute atomic E-state index is 1.18. The number of hydrogen-bond donors (Lipinski definition) is 0. The van der Waals surface area contributed by atoms with E-state index in [0.29, 0.717) is 0 Å². The van der Waals surface area contributed by atoms with Gasteiger partial charge in [-0.15, -0.1) is 0 Å². The van der Waals surface area contributed by atoms with Gasteiger partial charge in [0.2, 0.25) is 0 Å². The molecule has 1 aromatic carbocycles. The summed E-state index contributed by atoms with van der Waals surface area (Å²) >= 11 is 6.84. The second-order valence-corrected chi connectivity index (χ2v) is 4.87. The lowest BCUT2D eigenvalue weighted by atomic mass is 10.4. The molecule has 0 bridgehead atoms. The molecule has 0 spiro atoms. The molecule has 0 aromatic heterocycles. The van der Waals surface area contributed by atoms with E-state index in [-0.39, 0.29) is 0 Å². The van der Waals surface area contributed by atoms with E-state index in [1.54, 1.807) is 0 Å². The van der Waals surface area contributed by atoms with Gasteiger partial charge in [-0.25, -0.2) is 0 Å². The van der Waals surface area contributed by atoms with Crippen LogP contribution in [-0.4, -0.2) is 0 Å². The Morgan fingerprint density at radius 1 is 1.11 bits per heavy atom. The van der Waals surface area contributed by atoms with Crippen LogP contribution >= 0.6 is 67.8 Å². The second kappa shape index (κ2) is 3.70. The standard InChI is InChI=1S/C6H2I3/c7-4-1-2-5(8)6(9)3-4/h1-2H. The molecule has 0 saturated carbocycles. The smallest absolute Gasteiger partial charge is 0.0353 e. The van der Waals surface area contributed by atoms with Crippen LogP contribution in [0.15, 0.2) is 12.1 Å². The van der Waals surface area contributed by atoms with Crippen LogP contribution in [0.25, 0.3) is 0 Å². The van der Waals surface area contributed by atoms with Gasteiger partial charge < -0.3 is 0 Å². The highest BCUT2D eigenvalue weighted by Gasteiger charge is 1.94. The second-order valence-electron chi connectivity index (χ2n) is 1.47. The predicted octanol–water partition coefficient (Wildman–Crippen LogP) is 3.30. The molecule has 0 aliphatic heterocycles. The summed E-state index contributed by atoms with van der Waals surface area (Å²) < 4.78 is 3.66. The summed E-state index contributed by atoms with van der Waals surface area (Å²) in [7, 11) is 0. The molecule has 0 unspecified atom stereocenters. The van der Waals surface area contributed by atoms with Crippen molar-refractivity contribution in [2.24, 2.45) is 0 Å². The van der Waals surface area contributed by atoms with Gasteiger partial charge in [-0.1, -0.05) is 0 Å². The number of rotatable bonds is 0. The molecule has 0 fully saturated rings. The molecule has 1 aromatic rings. The van der Waals surface area contributed by atoms with Crippen molar-refractivity contribution in [3.8, 4) is 0 Å². The fraction of sp³-hybridized carbons (Fsp3) is 0. The molecule has 9 heavy (non-hydrogen) atoms. The predicted molar refractivity (Wildman–Crippen MR) is 63.4 cm³/mol. The van der Waals surface area contributed by atoms with Crippen molar-refractivity contribution in [2.45, 2.75) is 0 Å². The Labute approximate surface area is 95.2 Å². The van der Waals surface area contributed by atoms with Crippen LogP contribution in [0.1, 0.15) is 0 Å². The van der Waals surface area contributed by atoms with Crippen molar-refractivity contribution in [1.82, 2.24) is 0 Å². The number of hydrogen-bond acceptors (Lipinski definition) is 0. The van der Waals surface area contributed by atoms with Crippen molar-refractivity contribution < 1.29 is 0 Å². The largest absolute Gasteiger partial charge is 0.0471 e. The quantitative estimate of drug-likeness (QED) is 0.417. The van der Waals surface area contributed by atoms with Crippen LogP contribution in [0, 0.1) is 16.8 Å². The first kappa shape index (κ1) is 8.51. The summed E-state index contributed by atoms with van der Waals surface area (Å²) in [6.45, 7) is 0. The molecule has 47 valence electrons. The highest BCUT2D eigenvalue weighted by molar-refractivity contribution is 14.1. The topological polar surface area (TPSA) is 0 Å². The molecule has 0 amide bonds. The first-order chi connectivity index (χ1) is 4.20. The van der Waals surface area contributed by atoms with E-state index in [4.69, 9.17) is 0 Å². The van der Waals surface area contributed by atoms with Crippen LogP contribution in [0.3, 0.4) is 0 Å². The Hall–Kier alpha value is 1.41. The maximum atomic E-state index is 3.20. The average Bonchev–Trinajstić information content (AvgIpc) is 1.80. The van der Waals surface area contributed by atoms with Crippen molar-refractivity contribution >= 4 is 67.8 Å². The monoisotopic (exact) mass is 455 g/mol. The van der Waals surface area contributed by atoms with Gasteiger partial charge in [0, 0.05) is 16.8 Å². The molecule has 1 radical (unpaired) electrons. The maximum absolute atomic E-state index is 3.20. The third-order valence-corrected chi connectivity index (χ3v) is 4.23. The molecule has 0 nitrogen and oxygen atoms in total. The van der Waals surface area contributed by atoms with Crippen LogP contribution in [0.4, 0.5) is 0 Å². The van der Waals surface area contributed by atoms with Gasteiger partial charge in [0.1, 0.15) is 0 Å². The van der Waals surface area contributed by atoms with Gasteiger partial charge in [-0.3, -0.25) is 0 Å². The zero-order valence-electron chi connectivity index (χ0n) is 4.29. The Kier molecular flexibility index (Phi) is 3.50. The molecule has 1 rings (SSSR count). The lowest BCUT2D eigenvalue weighted by Gasteiger charge is -1.93. The minimum Gasteiger partial charge on any atom is -0.0471 e. The van der Waals surface area contributed by atoms with Gasteiger partial charge >= 0.3 is 0 Å². The van der Waals surface area contributed by atoms with E-state index >= 15 is 0 Å². The molecule has 0 aliphatic carbocycles. The van der Waals surface area contributed by atoms with E-state index in [2.05, 4.69) is 86.0 Å². The Morgan fingerprint density at radius 2 is 1.78 bits per heavy atom. The van der Waals surface area contributed by atoms with Gasteiger partial charge in [-0.2, -0.15) is 0 Å². The Bertz CT molecular complexity index is 220. The summed E-state index contributed by atoms with van der Waals surface area (Å²) in [4.78, 5) is 0. The zero-order chi connectivity index (χ0) is 6.85. The maximum Gasteiger partial charge on any atom is 0.0353 e. The zero-order valence-corrected chi connectivity index (χ0v) is 10.8. The first-order valence-corrected chi connectivity index (χ1v) is 5.46. The summed E-state index contributed by atoms with van der Waals surface area (Å²) in [5.74, 6) is 0. The summed E-state index contributed by atoms with van der Waals surface area (Å²) in [5.41, 5.74) is 0. The van der Waals surface area contributed by atoms with Gasteiger partial charge in [0.05, 0.1) is 0 Å². The van der Waals surface area contributed by atoms with Gasteiger partial charge in [0.25, 0.3) is 0 Å². The first-order valence-electron chi connectivity index (χ1n) is 2.23. The summed E-state index contributed by atoms with van der Waals surface area (Å²) in [6.07, 6.45) is 0. The molecule has 0 atom stereocenters. The SMILES string of the molecule is Ic1[c]c(I)c(I)cc1. The Morgan fingerprint density at radius 3 is 2.22 bits per heavy atom. The fourth-order valence-electron chi connectivity index (χ4n) is 0.426. The Balaban J connectivity index is 3.17. The van der Waals surface area contributed by atoms with E-state index in [1.165, 1.54) is 10.7 Å². The highest BCUT2D eigenvalue weighted by atomic mass is 127. The van der Waals surface area contributed by atoms with E-state index in [0.717, 1.165) is 0 Å². The van der Waals surface area contributed by atoms with Crippen LogP contribution < -0.4 is 0 Å². The van der Waals surface area contributed by atoms with Gasteiger partial charge in [0.15, 0.2) is 0 Å². The van der Waals surface area contributed by atoms with Crippen LogP contribution in [0.2, 0.25) is 0 Å². The minimum atomic E-state index is 1.18. The normalized spacial score (nSPS) is 9.67. The van der Waals surface area contributed by atoms with Crippen molar-refractivity contribution in [1.29, 1.82) is 0 Å². The van der Waals surface area contributed by atoms with Gasteiger partial charge in [-0.05, 0) is 79.9 Å². The molecule has 0 heterocycles. The molecule has 0 saturated heterocycles. The fourth-order valence-corrected chi connectivity index (χ4v) is 2.18. The van der Waals surface area contributed by atoms with Crippen molar-refractivity contribution in [2.75, 3.05) is 0 Å². The number of benzene rings is 1. The molecule has 3 heteroatoms. The highest BCUT2D eigenvalue weighted by Crippen LogP contribution is 2.16. The molecule has 0 N–H and O–H groups in total. The van der Waals surface area contributed by atoms with Crippen molar-refractivity contribution in [3.63, 3.8) is 0 Å². The van der Waals surface area contributed by atoms with E-state index < -0.39 is 0 Å². The third kappa shape index (κ3) is 2.49. The summed E-state index contributed by atoms with van der Waals surface area (Å²) in [5, 5.41) is 0. The van der Waals surface area contributed by atoms with Crippen LogP contribution in [0.5, 0.6) is 0 Å². The third-order valence-electron chi connectivity index (χ3n) is 0.815. The van der Waals surface area contributed by atoms with E-state index in [9.17, 15) is 0 Å². The average molecular weight is 455 g/mol. The summed E-state index contributed by atoms with van der Waals surface area (Å²) in [6, 6.07) is 7.36. The van der Waals surface area contributed by atoms with Crippen LogP contribution in [-0.2, 0) is 0 Å².